The molecule has 2 rings (SSSR count). The van der Waals surface area contributed by atoms with Crippen LogP contribution in [0, 0.1) is 0 Å². The molecule has 0 unspecified atom stereocenters. The van der Waals surface area contributed by atoms with E-state index in [0.29, 0.717) is 5.69 Å². The standard InChI is InChI=1S/C13H17FN2O2/c1-2-9-3-4-15-12(5-9)13(18)16-7-10(14)6-11(16)8-17/h3-5,10-11,17H,2,6-8H2,1H3/t10-,11-/m0/s1. The van der Waals surface area contributed by atoms with Crippen LogP contribution in [0.15, 0.2) is 18.3 Å². The molecule has 98 valence electrons. The molecule has 1 fully saturated rings. The van der Waals surface area contributed by atoms with Gasteiger partial charge in [-0.25, -0.2) is 4.39 Å². The van der Waals surface area contributed by atoms with E-state index in [4.69, 9.17) is 5.11 Å². The van der Waals surface area contributed by atoms with Crippen molar-refractivity contribution < 1.29 is 14.3 Å². The topological polar surface area (TPSA) is 53.4 Å². The Balaban J connectivity index is 2.19. The van der Waals surface area contributed by atoms with E-state index in [9.17, 15) is 9.18 Å². The summed E-state index contributed by atoms with van der Waals surface area (Å²) >= 11 is 0. The maximum atomic E-state index is 13.3. The number of aryl methyl sites for hydroxylation is 1. The first-order valence-electron chi connectivity index (χ1n) is 6.16. The third kappa shape index (κ3) is 2.51. The molecule has 4 nitrogen and oxygen atoms in total. The molecule has 2 atom stereocenters. The summed E-state index contributed by atoms with van der Waals surface area (Å²) < 4.78 is 13.3. The Morgan fingerprint density at radius 2 is 2.44 bits per heavy atom. The van der Waals surface area contributed by atoms with Crippen molar-refractivity contribution in [2.75, 3.05) is 13.2 Å². The van der Waals surface area contributed by atoms with Gasteiger partial charge in [-0.2, -0.15) is 0 Å². The van der Waals surface area contributed by atoms with Gasteiger partial charge >= 0.3 is 0 Å². The second-order valence-electron chi connectivity index (χ2n) is 4.53. The van der Waals surface area contributed by atoms with Crippen LogP contribution in [0.1, 0.15) is 29.4 Å². The zero-order valence-corrected chi connectivity index (χ0v) is 10.3. The minimum absolute atomic E-state index is 0.0437. The molecule has 1 aromatic heterocycles. The van der Waals surface area contributed by atoms with E-state index in [2.05, 4.69) is 4.98 Å². The Labute approximate surface area is 105 Å². The molecule has 0 radical (unpaired) electrons. The summed E-state index contributed by atoms with van der Waals surface area (Å²) in [5.41, 5.74) is 1.34. The molecule has 1 aliphatic rings. The van der Waals surface area contributed by atoms with Gasteiger partial charge in [-0.3, -0.25) is 9.78 Å². The van der Waals surface area contributed by atoms with Gasteiger partial charge in [-0.05, 0) is 24.1 Å². The molecule has 1 aliphatic heterocycles. The number of likely N-dealkylation sites (tertiary alicyclic amines) is 1. The van der Waals surface area contributed by atoms with Crippen LogP contribution >= 0.6 is 0 Å². The van der Waals surface area contributed by atoms with Crippen molar-refractivity contribution >= 4 is 5.91 Å². The quantitative estimate of drug-likeness (QED) is 0.879. The van der Waals surface area contributed by atoms with Crippen LogP contribution in [0.25, 0.3) is 0 Å². The Kier molecular flexibility index (Phi) is 3.91. The fraction of sp³-hybridized carbons (Fsp3) is 0.538. The molecule has 0 spiro atoms. The number of halogens is 1. The lowest BCUT2D eigenvalue weighted by atomic mass is 10.1. The average Bonchev–Trinajstić information content (AvgIpc) is 2.79. The third-order valence-corrected chi connectivity index (χ3v) is 3.29. The first-order chi connectivity index (χ1) is 8.65. The third-order valence-electron chi connectivity index (χ3n) is 3.29. The predicted molar refractivity (Wildman–Crippen MR) is 65.0 cm³/mol. The van der Waals surface area contributed by atoms with Crippen molar-refractivity contribution in [2.45, 2.75) is 32.0 Å². The van der Waals surface area contributed by atoms with Gasteiger partial charge in [0.1, 0.15) is 11.9 Å². The largest absolute Gasteiger partial charge is 0.394 e. The highest BCUT2D eigenvalue weighted by atomic mass is 19.1. The number of carbonyl (C=O) groups is 1. The van der Waals surface area contributed by atoms with Crippen molar-refractivity contribution in [3.8, 4) is 0 Å². The van der Waals surface area contributed by atoms with Gasteiger partial charge in [0.25, 0.3) is 5.91 Å². The van der Waals surface area contributed by atoms with E-state index >= 15 is 0 Å². The van der Waals surface area contributed by atoms with Gasteiger partial charge in [-0.1, -0.05) is 6.92 Å². The Morgan fingerprint density at radius 3 is 3.11 bits per heavy atom. The highest BCUT2D eigenvalue weighted by Crippen LogP contribution is 2.22. The van der Waals surface area contributed by atoms with Crippen LogP contribution in [-0.4, -0.2) is 46.3 Å². The van der Waals surface area contributed by atoms with Crippen LogP contribution in [0.4, 0.5) is 4.39 Å². The SMILES string of the molecule is CCc1ccnc(C(=O)N2C[C@@H](F)C[C@H]2CO)c1. The minimum Gasteiger partial charge on any atom is -0.394 e. The van der Waals surface area contributed by atoms with Gasteiger partial charge in [0.15, 0.2) is 0 Å². The molecular weight excluding hydrogens is 235 g/mol. The summed E-state index contributed by atoms with van der Waals surface area (Å²) in [5, 5.41) is 9.17. The van der Waals surface area contributed by atoms with Crippen LogP contribution in [0.3, 0.4) is 0 Å². The van der Waals surface area contributed by atoms with Gasteiger partial charge in [-0.15, -0.1) is 0 Å². The number of aliphatic hydroxyl groups is 1. The number of amides is 1. The lowest BCUT2D eigenvalue weighted by Gasteiger charge is -2.22. The van der Waals surface area contributed by atoms with Crippen LogP contribution < -0.4 is 0 Å². The molecule has 0 aliphatic carbocycles. The smallest absolute Gasteiger partial charge is 0.272 e. The number of nitrogens with zero attached hydrogens (tertiary/aromatic N) is 2. The maximum absolute atomic E-state index is 13.3. The summed E-state index contributed by atoms with van der Waals surface area (Å²) in [6.45, 7) is 1.83. The van der Waals surface area contributed by atoms with Crippen molar-refractivity contribution in [3.05, 3.63) is 29.6 Å². The van der Waals surface area contributed by atoms with Crippen molar-refractivity contribution in [1.82, 2.24) is 9.88 Å². The van der Waals surface area contributed by atoms with Gasteiger partial charge in [0, 0.05) is 12.6 Å². The predicted octanol–water partition coefficient (Wildman–Crippen LogP) is 1.19. The highest BCUT2D eigenvalue weighted by Gasteiger charge is 2.35. The van der Waals surface area contributed by atoms with Crippen molar-refractivity contribution in [3.63, 3.8) is 0 Å². The van der Waals surface area contributed by atoms with E-state index < -0.39 is 12.2 Å². The monoisotopic (exact) mass is 252 g/mol. The zero-order valence-electron chi connectivity index (χ0n) is 10.3. The fourth-order valence-corrected chi connectivity index (χ4v) is 2.24. The van der Waals surface area contributed by atoms with Gasteiger partial charge < -0.3 is 10.0 Å². The molecule has 5 heteroatoms. The van der Waals surface area contributed by atoms with Crippen LogP contribution in [0.2, 0.25) is 0 Å². The lowest BCUT2D eigenvalue weighted by Crippen LogP contribution is -2.38. The highest BCUT2D eigenvalue weighted by molar-refractivity contribution is 5.93. The molecule has 1 aromatic rings. The summed E-state index contributed by atoms with van der Waals surface area (Å²) in [4.78, 5) is 17.6. The second kappa shape index (κ2) is 5.44. The molecular formula is C13H17FN2O2. The minimum atomic E-state index is -1.06. The Bertz CT molecular complexity index is 439. The fourth-order valence-electron chi connectivity index (χ4n) is 2.24. The molecule has 1 amide bonds. The molecule has 0 aromatic carbocycles. The molecule has 1 N–H and O–H groups in total. The first-order valence-corrected chi connectivity index (χ1v) is 6.16. The average molecular weight is 252 g/mol. The van der Waals surface area contributed by atoms with Crippen LogP contribution in [-0.2, 0) is 6.42 Å². The number of hydrogen-bond acceptors (Lipinski definition) is 3. The lowest BCUT2D eigenvalue weighted by molar-refractivity contribution is 0.0667. The van der Waals surface area contributed by atoms with E-state index in [0.717, 1.165) is 12.0 Å². The molecule has 2 heterocycles. The molecule has 18 heavy (non-hydrogen) atoms. The van der Waals surface area contributed by atoms with Gasteiger partial charge in [0.2, 0.25) is 0 Å². The van der Waals surface area contributed by atoms with Crippen molar-refractivity contribution in [2.24, 2.45) is 0 Å². The molecule has 1 saturated heterocycles. The summed E-state index contributed by atoms with van der Waals surface area (Å²) in [6.07, 6.45) is 1.55. The Hall–Kier alpha value is -1.49. The number of aromatic nitrogens is 1. The molecule has 0 saturated carbocycles. The van der Waals surface area contributed by atoms with E-state index in [1.54, 1.807) is 12.3 Å². The van der Waals surface area contributed by atoms with E-state index in [1.165, 1.54) is 4.90 Å². The Morgan fingerprint density at radius 1 is 1.67 bits per heavy atom. The number of aliphatic hydroxyl groups excluding tert-OH is 1. The summed E-state index contributed by atoms with van der Waals surface area (Å²) in [6, 6.07) is 3.14. The van der Waals surface area contributed by atoms with E-state index in [-0.39, 0.29) is 25.5 Å². The number of alkyl halides is 1. The summed E-state index contributed by atoms with van der Waals surface area (Å²) in [5.74, 6) is -0.301. The van der Waals surface area contributed by atoms with E-state index in [1.807, 2.05) is 13.0 Å². The summed E-state index contributed by atoms with van der Waals surface area (Å²) in [7, 11) is 0. The maximum Gasteiger partial charge on any atom is 0.272 e. The zero-order chi connectivity index (χ0) is 13.1. The number of pyridine rings is 1. The number of rotatable bonds is 3. The normalized spacial score (nSPS) is 23.4. The first kappa shape index (κ1) is 13.0. The van der Waals surface area contributed by atoms with Crippen LogP contribution in [0.5, 0.6) is 0 Å². The van der Waals surface area contributed by atoms with Crippen molar-refractivity contribution in [1.29, 1.82) is 0 Å². The number of carbonyl (C=O) groups excluding carboxylic acids is 1. The number of hydrogen-bond donors (Lipinski definition) is 1. The van der Waals surface area contributed by atoms with Gasteiger partial charge in [0.05, 0.1) is 19.2 Å². The second-order valence-corrected chi connectivity index (χ2v) is 4.53. The molecule has 0 bridgehead atoms.